The van der Waals surface area contributed by atoms with E-state index in [0.717, 1.165) is 15.3 Å². The van der Waals surface area contributed by atoms with Gasteiger partial charge in [0, 0.05) is 22.8 Å². The summed E-state index contributed by atoms with van der Waals surface area (Å²) in [6, 6.07) is 1.94. The summed E-state index contributed by atoms with van der Waals surface area (Å²) in [4.78, 5) is 2.22. The highest BCUT2D eigenvalue weighted by Gasteiger charge is 2.37. The average molecular weight is 253 g/mol. The first-order valence-corrected chi connectivity index (χ1v) is 5.63. The minimum absolute atomic E-state index is 0.351. The van der Waals surface area contributed by atoms with E-state index in [1.807, 2.05) is 19.9 Å². The van der Waals surface area contributed by atoms with Gasteiger partial charge in [0.15, 0.2) is 6.10 Å². The third kappa shape index (κ3) is 3.77. The van der Waals surface area contributed by atoms with Gasteiger partial charge in [-0.25, -0.2) is 0 Å². The van der Waals surface area contributed by atoms with Crippen molar-refractivity contribution >= 4 is 11.3 Å². The number of alkyl halides is 3. The van der Waals surface area contributed by atoms with Crippen LogP contribution in [-0.2, 0) is 6.54 Å². The normalized spacial score (nSPS) is 14.1. The van der Waals surface area contributed by atoms with Gasteiger partial charge in [-0.2, -0.15) is 13.2 Å². The van der Waals surface area contributed by atoms with Gasteiger partial charge in [0.2, 0.25) is 0 Å². The molecule has 6 heteroatoms. The van der Waals surface area contributed by atoms with Gasteiger partial charge in [0.05, 0.1) is 0 Å². The molecule has 1 atom stereocenters. The van der Waals surface area contributed by atoms with E-state index in [4.69, 9.17) is 5.11 Å². The number of hydrogen-bond acceptors (Lipinski definition) is 3. The topological polar surface area (TPSA) is 32.3 Å². The summed E-state index contributed by atoms with van der Waals surface area (Å²) in [5.74, 6) is 0. The Labute approximate surface area is 96.1 Å². The monoisotopic (exact) mass is 253 g/mol. The van der Waals surface area contributed by atoms with Crippen molar-refractivity contribution in [2.24, 2.45) is 0 Å². The van der Waals surface area contributed by atoms with Crippen molar-refractivity contribution in [1.82, 2.24) is 5.32 Å². The van der Waals surface area contributed by atoms with Gasteiger partial charge in [0.25, 0.3) is 0 Å². The fourth-order valence-corrected chi connectivity index (χ4v) is 2.26. The lowest BCUT2D eigenvalue weighted by molar-refractivity contribution is -0.201. The highest BCUT2D eigenvalue weighted by atomic mass is 32.1. The Hall–Kier alpha value is -0.590. The molecule has 0 aliphatic carbocycles. The number of rotatable bonds is 4. The van der Waals surface area contributed by atoms with Crippen molar-refractivity contribution < 1.29 is 18.3 Å². The van der Waals surface area contributed by atoms with E-state index in [-0.39, 0.29) is 0 Å². The molecule has 1 rings (SSSR count). The van der Waals surface area contributed by atoms with E-state index in [1.54, 1.807) is 11.3 Å². The van der Waals surface area contributed by atoms with Crippen LogP contribution in [0.4, 0.5) is 13.2 Å². The van der Waals surface area contributed by atoms with Crippen molar-refractivity contribution in [3.8, 4) is 0 Å². The SMILES string of the molecule is Cc1cc(CNCC(O)C(F)(F)F)c(C)s1. The summed E-state index contributed by atoms with van der Waals surface area (Å²) in [5, 5.41) is 11.4. The minimum atomic E-state index is -4.55. The number of aryl methyl sites for hydroxylation is 2. The molecule has 16 heavy (non-hydrogen) atoms. The van der Waals surface area contributed by atoms with E-state index >= 15 is 0 Å². The Morgan fingerprint density at radius 2 is 2.06 bits per heavy atom. The van der Waals surface area contributed by atoms with Gasteiger partial charge >= 0.3 is 6.18 Å². The number of halogens is 3. The molecule has 0 fully saturated rings. The van der Waals surface area contributed by atoms with E-state index < -0.39 is 18.8 Å². The molecule has 0 saturated heterocycles. The van der Waals surface area contributed by atoms with Crippen LogP contribution < -0.4 is 5.32 Å². The van der Waals surface area contributed by atoms with Crippen molar-refractivity contribution in [3.63, 3.8) is 0 Å². The third-order valence-electron chi connectivity index (χ3n) is 2.17. The summed E-state index contributed by atoms with van der Waals surface area (Å²) in [5.41, 5.74) is 0.983. The second kappa shape index (κ2) is 5.16. The van der Waals surface area contributed by atoms with E-state index in [0.29, 0.717) is 6.54 Å². The molecule has 1 unspecified atom stereocenters. The van der Waals surface area contributed by atoms with Crippen LogP contribution in [0.5, 0.6) is 0 Å². The molecule has 0 aliphatic heterocycles. The van der Waals surface area contributed by atoms with Crippen LogP contribution in [0.15, 0.2) is 6.07 Å². The summed E-state index contributed by atoms with van der Waals surface area (Å²) >= 11 is 1.61. The zero-order valence-electron chi connectivity index (χ0n) is 9.06. The van der Waals surface area contributed by atoms with E-state index in [1.165, 1.54) is 0 Å². The maximum Gasteiger partial charge on any atom is 0.415 e. The van der Waals surface area contributed by atoms with Crippen molar-refractivity contribution in [3.05, 3.63) is 21.4 Å². The van der Waals surface area contributed by atoms with Crippen LogP contribution >= 0.6 is 11.3 Å². The van der Waals surface area contributed by atoms with Crippen LogP contribution in [0.25, 0.3) is 0 Å². The summed E-state index contributed by atoms with van der Waals surface area (Å²) < 4.78 is 35.9. The van der Waals surface area contributed by atoms with Gasteiger partial charge in [-0.05, 0) is 25.5 Å². The van der Waals surface area contributed by atoms with Crippen molar-refractivity contribution in [2.45, 2.75) is 32.7 Å². The van der Waals surface area contributed by atoms with Gasteiger partial charge in [-0.3, -0.25) is 0 Å². The quantitative estimate of drug-likeness (QED) is 0.863. The number of nitrogens with one attached hydrogen (secondary N) is 1. The first kappa shape index (κ1) is 13.5. The molecule has 92 valence electrons. The molecule has 1 aromatic heterocycles. The summed E-state index contributed by atoms with van der Waals surface area (Å²) in [6.07, 6.45) is -6.85. The molecule has 0 bridgehead atoms. The predicted molar refractivity (Wildman–Crippen MR) is 57.6 cm³/mol. The van der Waals surface area contributed by atoms with Gasteiger partial charge < -0.3 is 10.4 Å². The number of aliphatic hydroxyl groups is 1. The highest BCUT2D eigenvalue weighted by molar-refractivity contribution is 7.12. The Morgan fingerprint density at radius 3 is 2.50 bits per heavy atom. The number of hydrogen-bond donors (Lipinski definition) is 2. The lowest BCUT2D eigenvalue weighted by Gasteiger charge is -2.14. The predicted octanol–water partition coefficient (Wildman–Crippen LogP) is 2.38. The molecule has 1 aromatic rings. The summed E-state index contributed by atoms with van der Waals surface area (Å²) in [7, 11) is 0. The molecule has 2 N–H and O–H groups in total. The molecule has 0 radical (unpaired) electrons. The van der Waals surface area contributed by atoms with Gasteiger partial charge in [0.1, 0.15) is 0 Å². The second-order valence-electron chi connectivity index (χ2n) is 3.63. The largest absolute Gasteiger partial charge is 0.415 e. The summed E-state index contributed by atoms with van der Waals surface area (Å²) in [6.45, 7) is 3.75. The lowest BCUT2D eigenvalue weighted by Crippen LogP contribution is -2.38. The Balaban J connectivity index is 2.39. The minimum Gasteiger partial charge on any atom is -0.382 e. The fourth-order valence-electron chi connectivity index (χ4n) is 1.32. The smallest absolute Gasteiger partial charge is 0.382 e. The molecule has 1 heterocycles. The maximum atomic E-state index is 12.0. The first-order valence-electron chi connectivity index (χ1n) is 4.82. The van der Waals surface area contributed by atoms with E-state index in [2.05, 4.69) is 5.32 Å². The standard InChI is InChI=1S/C10H14F3NOS/c1-6-3-8(7(2)16-6)4-14-5-9(15)10(11,12)13/h3,9,14-15H,4-5H2,1-2H3. The Morgan fingerprint density at radius 1 is 1.44 bits per heavy atom. The van der Waals surface area contributed by atoms with Crippen LogP contribution in [0.3, 0.4) is 0 Å². The molecule has 0 aromatic carbocycles. The molecule has 0 saturated carbocycles. The Bertz CT molecular complexity index is 348. The molecule has 0 amide bonds. The first-order chi connectivity index (χ1) is 7.30. The van der Waals surface area contributed by atoms with Crippen LogP contribution in [0.2, 0.25) is 0 Å². The third-order valence-corrected chi connectivity index (χ3v) is 3.18. The van der Waals surface area contributed by atoms with Gasteiger partial charge in [-0.15, -0.1) is 11.3 Å². The number of thiophene rings is 1. The fraction of sp³-hybridized carbons (Fsp3) is 0.600. The molecule has 0 spiro atoms. The van der Waals surface area contributed by atoms with Crippen LogP contribution in [0.1, 0.15) is 15.3 Å². The maximum absolute atomic E-state index is 12.0. The molecule has 2 nitrogen and oxygen atoms in total. The van der Waals surface area contributed by atoms with Crippen LogP contribution in [0, 0.1) is 13.8 Å². The molecular formula is C10H14F3NOS. The lowest BCUT2D eigenvalue weighted by atomic mass is 10.2. The molecule has 0 aliphatic rings. The average Bonchev–Trinajstić information content (AvgIpc) is 2.43. The van der Waals surface area contributed by atoms with Crippen LogP contribution in [-0.4, -0.2) is 23.9 Å². The van der Waals surface area contributed by atoms with Crippen molar-refractivity contribution in [2.75, 3.05) is 6.54 Å². The second-order valence-corrected chi connectivity index (χ2v) is 5.09. The van der Waals surface area contributed by atoms with Crippen molar-refractivity contribution in [1.29, 1.82) is 0 Å². The van der Waals surface area contributed by atoms with Gasteiger partial charge in [-0.1, -0.05) is 0 Å². The highest BCUT2D eigenvalue weighted by Crippen LogP contribution is 2.21. The number of aliphatic hydroxyl groups excluding tert-OH is 1. The Kier molecular flexibility index (Phi) is 4.35. The zero-order chi connectivity index (χ0) is 12.3. The van der Waals surface area contributed by atoms with E-state index in [9.17, 15) is 13.2 Å². The zero-order valence-corrected chi connectivity index (χ0v) is 9.87. The molecular weight excluding hydrogens is 239 g/mol.